The van der Waals surface area contributed by atoms with E-state index < -0.39 is 18.0 Å². The van der Waals surface area contributed by atoms with Crippen LogP contribution in [0.5, 0.6) is 17.5 Å². The number of aliphatic hydroxyl groups is 1. The summed E-state index contributed by atoms with van der Waals surface area (Å²) in [6, 6.07) is 11.7. The van der Waals surface area contributed by atoms with Crippen LogP contribution in [0.4, 0.5) is 13.2 Å². The van der Waals surface area contributed by atoms with Crippen LogP contribution in [0.3, 0.4) is 0 Å². The van der Waals surface area contributed by atoms with Gasteiger partial charge in [0.25, 0.3) is 5.91 Å². The Morgan fingerprint density at radius 2 is 1.82 bits per heavy atom. The third-order valence-corrected chi connectivity index (χ3v) is 4.81. The number of carbonyl (C=O) groups excluding carboxylic acids is 1. The number of nitrogens with one attached hydrogen (secondary N) is 1. The number of hydrogen-bond donors (Lipinski definition) is 2. The molecule has 0 saturated heterocycles. The Bertz CT molecular complexity index is 1090. The van der Waals surface area contributed by atoms with Gasteiger partial charge in [0.2, 0.25) is 0 Å². The van der Waals surface area contributed by atoms with Crippen molar-refractivity contribution in [2.75, 3.05) is 13.2 Å². The van der Waals surface area contributed by atoms with Crippen LogP contribution in [-0.4, -0.2) is 40.1 Å². The number of halogens is 5. The number of aromatic nitrogens is 2. The van der Waals surface area contributed by atoms with Gasteiger partial charge >= 0.3 is 12.4 Å². The van der Waals surface area contributed by atoms with E-state index in [4.69, 9.17) is 21.4 Å². The highest BCUT2D eigenvalue weighted by Crippen LogP contribution is 2.31. The number of ether oxygens (including phenoxy) is 2. The van der Waals surface area contributed by atoms with Crippen molar-refractivity contribution in [2.24, 2.45) is 0 Å². The van der Waals surface area contributed by atoms with Gasteiger partial charge in [0.05, 0.1) is 13.2 Å². The number of aliphatic hydroxyl groups excluding tert-OH is 1. The topological polar surface area (TPSA) is 85.6 Å². The van der Waals surface area contributed by atoms with Crippen molar-refractivity contribution < 1.29 is 32.5 Å². The minimum absolute atomic E-state index is 0.0175. The molecule has 3 aromatic rings. The van der Waals surface area contributed by atoms with Crippen LogP contribution in [0.1, 0.15) is 29.9 Å². The van der Waals surface area contributed by atoms with Crippen molar-refractivity contribution in [1.82, 2.24) is 14.9 Å². The summed E-state index contributed by atoms with van der Waals surface area (Å²) in [5, 5.41) is 12.1. The van der Waals surface area contributed by atoms with Crippen molar-refractivity contribution in [3.05, 3.63) is 69.4 Å². The highest BCUT2D eigenvalue weighted by atomic mass is 79.9. The summed E-state index contributed by atoms with van der Waals surface area (Å²) >= 11 is 9.15. The van der Waals surface area contributed by atoms with Gasteiger partial charge in [-0.15, -0.1) is 13.2 Å². The van der Waals surface area contributed by atoms with Crippen LogP contribution >= 0.6 is 27.5 Å². The third-order valence-electron chi connectivity index (χ3n) is 4.00. The van der Waals surface area contributed by atoms with Crippen molar-refractivity contribution in [2.45, 2.75) is 26.8 Å². The lowest BCUT2D eigenvalue weighted by Crippen LogP contribution is -2.29. The first-order chi connectivity index (χ1) is 16.2. The molecule has 1 heterocycles. The minimum atomic E-state index is -4.85. The van der Waals surface area contributed by atoms with Gasteiger partial charge in [0, 0.05) is 17.6 Å². The van der Waals surface area contributed by atoms with E-state index in [-0.39, 0.29) is 41.8 Å². The summed E-state index contributed by atoms with van der Waals surface area (Å²) in [4.78, 5) is 16.8. The molecule has 0 unspecified atom stereocenters. The predicted molar refractivity (Wildman–Crippen MR) is 124 cm³/mol. The molecule has 12 heteroatoms. The fourth-order valence-corrected chi connectivity index (χ4v) is 3.38. The predicted octanol–water partition coefficient (Wildman–Crippen LogP) is 5.79. The summed E-state index contributed by atoms with van der Waals surface area (Å²) in [7, 11) is 0. The Hall–Kier alpha value is -2.76. The quantitative estimate of drug-likeness (QED) is 0.362. The Morgan fingerprint density at radius 1 is 1.18 bits per heavy atom. The largest absolute Gasteiger partial charge is 0.573 e. The lowest BCUT2D eigenvalue weighted by molar-refractivity contribution is -0.274. The first-order valence-corrected chi connectivity index (χ1v) is 11.3. The van der Waals surface area contributed by atoms with Crippen molar-refractivity contribution in [3.63, 3.8) is 0 Å². The highest BCUT2D eigenvalue weighted by molar-refractivity contribution is 9.10. The summed E-state index contributed by atoms with van der Waals surface area (Å²) < 4.78 is 48.8. The Kier molecular flexibility index (Phi) is 10.2. The molecule has 0 aliphatic rings. The molecular formula is C22H22BrClF3N3O4. The Balaban J connectivity index is 0.00000199. The van der Waals surface area contributed by atoms with E-state index >= 15 is 0 Å². The van der Waals surface area contributed by atoms with E-state index in [2.05, 4.69) is 31.0 Å². The third kappa shape index (κ3) is 7.93. The number of rotatable bonds is 8. The van der Waals surface area contributed by atoms with Gasteiger partial charge in [-0.1, -0.05) is 43.6 Å². The Morgan fingerprint density at radius 3 is 2.44 bits per heavy atom. The fraction of sp³-hybridized carbons (Fsp3) is 0.273. The summed E-state index contributed by atoms with van der Waals surface area (Å²) in [5.41, 5.74) is 0.862. The van der Waals surface area contributed by atoms with Gasteiger partial charge in [-0.2, -0.15) is 4.98 Å². The number of imidazole rings is 1. The molecular weight excluding hydrogens is 543 g/mol. The number of benzene rings is 2. The van der Waals surface area contributed by atoms with Crippen LogP contribution in [0.15, 0.2) is 53.1 Å². The van der Waals surface area contributed by atoms with Gasteiger partial charge < -0.3 is 19.9 Å². The maximum Gasteiger partial charge on any atom is 0.573 e. The molecule has 0 aliphatic carbocycles. The molecule has 184 valence electrons. The molecule has 1 amide bonds. The van der Waals surface area contributed by atoms with Crippen LogP contribution < -0.4 is 14.8 Å². The van der Waals surface area contributed by atoms with E-state index in [0.29, 0.717) is 5.02 Å². The molecule has 0 saturated carbocycles. The zero-order chi connectivity index (χ0) is 25.3. The van der Waals surface area contributed by atoms with Gasteiger partial charge in [-0.05, 0) is 45.8 Å². The first-order valence-electron chi connectivity index (χ1n) is 10.1. The van der Waals surface area contributed by atoms with Crippen LogP contribution in [0, 0.1) is 0 Å². The molecule has 3 rings (SSSR count). The van der Waals surface area contributed by atoms with Gasteiger partial charge in [-0.3, -0.25) is 9.36 Å². The van der Waals surface area contributed by atoms with E-state index in [9.17, 15) is 18.0 Å². The molecule has 1 aromatic heterocycles. The summed E-state index contributed by atoms with van der Waals surface area (Å²) in [5.74, 6) is -0.980. The second kappa shape index (κ2) is 12.6. The average molecular weight is 565 g/mol. The van der Waals surface area contributed by atoms with Crippen molar-refractivity contribution in [3.8, 4) is 17.5 Å². The molecule has 0 spiro atoms. The monoisotopic (exact) mass is 563 g/mol. The number of hydrogen-bond acceptors (Lipinski definition) is 5. The van der Waals surface area contributed by atoms with Gasteiger partial charge in [0.1, 0.15) is 21.8 Å². The van der Waals surface area contributed by atoms with Crippen LogP contribution in [0.2, 0.25) is 5.02 Å². The van der Waals surface area contributed by atoms with Gasteiger partial charge in [-0.25, -0.2) is 0 Å². The zero-order valence-corrected chi connectivity index (χ0v) is 20.5. The number of carbonyl (C=O) groups is 1. The maximum absolute atomic E-state index is 12.6. The fourth-order valence-electron chi connectivity index (χ4n) is 2.71. The van der Waals surface area contributed by atoms with E-state index in [0.717, 1.165) is 17.7 Å². The second-order valence-corrected chi connectivity index (χ2v) is 7.54. The van der Waals surface area contributed by atoms with Crippen molar-refractivity contribution in [1.29, 1.82) is 0 Å². The minimum Gasteiger partial charge on any atom is -0.425 e. The molecule has 0 bridgehead atoms. The number of amides is 1. The molecule has 2 aromatic carbocycles. The molecule has 34 heavy (non-hydrogen) atoms. The Labute approximate surface area is 207 Å². The molecule has 7 nitrogen and oxygen atoms in total. The molecule has 0 aliphatic heterocycles. The summed E-state index contributed by atoms with van der Waals surface area (Å²) in [6.07, 6.45) is -4.85. The highest BCUT2D eigenvalue weighted by Gasteiger charge is 2.31. The lowest BCUT2D eigenvalue weighted by Gasteiger charge is -2.13. The lowest BCUT2D eigenvalue weighted by atomic mass is 10.2. The average Bonchev–Trinajstić information content (AvgIpc) is 3.08. The standard InChI is InChI=1S/C20H16BrClF3N3O4.C2H6/c21-17-16(18(30)26-8-9-29)28(11-12-4-6-13(22)7-5-12)19(27-17)31-14-2-1-3-15(10-14)32-20(23,24)25;1-2/h1-7,10,29H,8-9,11H2,(H,26,30);1-2H3. The van der Waals surface area contributed by atoms with Crippen LogP contribution in [-0.2, 0) is 6.54 Å². The van der Waals surface area contributed by atoms with E-state index in [1.165, 1.54) is 16.7 Å². The first kappa shape index (κ1) is 27.5. The normalized spacial score (nSPS) is 10.8. The molecule has 0 atom stereocenters. The number of alkyl halides is 3. The number of nitrogens with zero attached hydrogens (tertiary/aromatic N) is 2. The van der Waals surface area contributed by atoms with E-state index in [1.807, 2.05) is 13.8 Å². The molecule has 0 radical (unpaired) electrons. The molecule has 0 fully saturated rings. The second-order valence-electron chi connectivity index (χ2n) is 6.35. The molecule has 2 N–H and O–H groups in total. The van der Waals surface area contributed by atoms with E-state index in [1.54, 1.807) is 24.3 Å². The SMILES string of the molecule is CC.O=C(NCCO)c1c(Br)nc(Oc2cccc(OC(F)(F)F)c2)n1Cc1ccc(Cl)cc1. The maximum atomic E-state index is 12.6. The van der Waals surface area contributed by atoms with Crippen molar-refractivity contribution >= 4 is 33.4 Å². The van der Waals surface area contributed by atoms with Gasteiger partial charge in [0.15, 0.2) is 0 Å². The zero-order valence-electron chi connectivity index (χ0n) is 18.2. The summed E-state index contributed by atoms with van der Waals surface area (Å²) in [6.45, 7) is 3.90. The smallest absolute Gasteiger partial charge is 0.425 e. The van der Waals surface area contributed by atoms with Crippen LogP contribution in [0.25, 0.3) is 0 Å².